The van der Waals surface area contributed by atoms with Crippen molar-refractivity contribution in [3.8, 4) is 0 Å². The van der Waals surface area contributed by atoms with Crippen LogP contribution in [0.25, 0.3) is 0 Å². The Morgan fingerprint density at radius 1 is 1.47 bits per heavy atom. The molecule has 3 atom stereocenters. The van der Waals surface area contributed by atoms with Crippen molar-refractivity contribution in [1.82, 2.24) is 10.2 Å². The molecule has 3 unspecified atom stereocenters. The van der Waals surface area contributed by atoms with Gasteiger partial charge in [0.15, 0.2) is 0 Å². The highest BCUT2D eigenvalue weighted by Crippen LogP contribution is 2.18. The van der Waals surface area contributed by atoms with Crippen LogP contribution in [0.5, 0.6) is 0 Å². The molecule has 1 fully saturated rings. The Labute approximate surface area is 122 Å². The van der Waals surface area contributed by atoms with Crippen LogP contribution < -0.4 is 5.32 Å². The Morgan fingerprint density at radius 2 is 2.32 bits per heavy atom. The molecule has 1 aromatic heterocycles. The Kier molecular flexibility index (Phi) is 5.86. The lowest BCUT2D eigenvalue weighted by Gasteiger charge is -2.32. The van der Waals surface area contributed by atoms with Gasteiger partial charge in [0.05, 0.1) is 0 Å². The van der Waals surface area contributed by atoms with Gasteiger partial charge in [-0.25, -0.2) is 0 Å². The van der Waals surface area contributed by atoms with Gasteiger partial charge in [0.25, 0.3) is 0 Å². The van der Waals surface area contributed by atoms with Gasteiger partial charge in [0.1, 0.15) is 0 Å². The zero-order valence-corrected chi connectivity index (χ0v) is 13.4. The number of rotatable bonds is 5. The molecule has 0 amide bonds. The number of thiophene rings is 1. The molecule has 1 aromatic rings. The van der Waals surface area contributed by atoms with Crippen molar-refractivity contribution in [2.75, 3.05) is 19.6 Å². The van der Waals surface area contributed by atoms with Gasteiger partial charge in [-0.1, -0.05) is 26.3 Å². The smallest absolute Gasteiger partial charge is 0.0220 e. The number of hydrogen-bond donors (Lipinski definition) is 1. The van der Waals surface area contributed by atoms with Crippen LogP contribution >= 0.6 is 11.3 Å². The third-order valence-electron chi connectivity index (χ3n) is 4.49. The maximum Gasteiger partial charge on any atom is 0.0220 e. The molecule has 1 aliphatic rings. The van der Waals surface area contributed by atoms with Crippen molar-refractivity contribution >= 4 is 11.3 Å². The molecule has 2 rings (SSSR count). The predicted octanol–water partition coefficient (Wildman–Crippen LogP) is 3.39. The highest BCUT2D eigenvalue weighted by atomic mass is 32.1. The van der Waals surface area contributed by atoms with Crippen LogP contribution in [0.4, 0.5) is 0 Å². The van der Waals surface area contributed by atoms with Crippen LogP contribution in [0.2, 0.25) is 0 Å². The quantitative estimate of drug-likeness (QED) is 0.889. The van der Waals surface area contributed by atoms with Crippen molar-refractivity contribution in [1.29, 1.82) is 0 Å². The van der Waals surface area contributed by atoms with E-state index in [0.717, 1.165) is 5.92 Å². The third-order valence-corrected chi connectivity index (χ3v) is 5.39. The van der Waals surface area contributed by atoms with Gasteiger partial charge >= 0.3 is 0 Å². The minimum Gasteiger partial charge on any atom is -0.312 e. The van der Waals surface area contributed by atoms with Crippen LogP contribution in [0, 0.1) is 5.92 Å². The lowest BCUT2D eigenvalue weighted by molar-refractivity contribution is 0.186. The lowest BCUT2D eigenvalue weighted by Crippen LogP contribution is -2.45. The minimum absolute atomic E-state index is 0.658. The molecule has 3 heteroatoms. The molecule has 0 aliphatic carbocycles. The Hall–Kier alpha value is -0.380. The molecule has 1 saturated heterocycles. The van der Waals surface area contributed by atoms with Crippen molar-refractivity contribution in [2.24, 2.45) is 5.92 Å². The van der Waals surface area contributed by atoms with E-state index in [0.29, 0.717) is 12.1 Å². The fourth-order valence-corrected chi connectivity index (χ4v) is 3.72. The summed E-state index contributed by atoms with van der Waals surface area (Å²) < 4.78 is 0. The van der Waals surface area contributed by atoms with Gasteiger partial charge in [-0.05, 0) is 50.2 Å². The molecule has 2 heterocycles. The van der Waals surface area contributed by atoms with Crippen LogP contribution in [-0.2, 0) is 6.42 Å². The van der Waals surface area contributed by atoms with E-state index in [1.165, 1.54) is 43.8 Å². The summed E-state index contributed by atoms with van der Waals surface area (Å²) in [5, 5.41) is 5.93. The highest BCUT2D eigenvalue weighted by Gasteiger charge is 2.24. The van der Waals surface area contributed by atoms with E-state index >= 15 is 0 Å². The molecule has 1 N–H and O–H groups in total. The van der Waals surface area contributed by atoms with E-state index in [9.17, 15) is 0 Å². The number of hydrogen-bond acceptors (Lipinski definition) is 3. The number of nitrogens with zero attached hydrogens (tertiary/aromatic N) is 1. The standard InChI is InChI=1S/C16H28N2S/c1-4-13(2)16-12-18(9-6-8-17-16)14(3)11-15-7-5-10-19-15/h5,7,10,13-14,16-17H,4,6,8-9,11-12H2,1-3H3. The second-order valence-corrected chi connectivity index (χ2v) is 6.96. The molecule has 0 aromatic carbocycles. The summed E-state index contributed by atoms with van der Waals surface area (Å²) in [6, 6.07) is 5.76. The van der Waals surface area contributed by atoms with Gasteiger partial charge in [0.2, 0.25) is 0 Å². The van der Waals surface area contributed by atoms with E-state index in [2.05, 4.69) is 48.5 Å². The summed E-state index contributed by atoms with van der Waals surface area (Å²) in [7, 11) is 0. The third kappa shape index (κ3) is 4.30. The fourth-order valence-electron chi connectivity index (χ4n) is 2.89. The van der Waals surface area contributed by atoms with Gasteiger partial charge in [-0.3, -0.25) is 4.90 Å². The van der Waals surface area contributed by atoms with Crippen LogP contribution in [-0.4, -0.2) is 36.6 Å². The maximum absolute atomic E-state index is 3.74. The Bertz CT molecular complexity index is 350. The molecule has 0 spiro atoms. The highest BCUT2D eigenvalue weighted by molar-refractivity contribution is 7.09. The molecular weight excluding hydrogens is 252 g/mol. The molecule has 1 aliphatic heterocycles. The Morgan fingerprint density at radius 3 is 3.00 bits per heavy atom. The molecule has 0 bridgehead atoms. The number of nitrogens with one attached hydrogen (secondary N) is 1. The van der Waals surface area contributed by atoms with Crippen molar-refractivity contribution in [2.45, 2.75) is 52.1 Å². The van der Waals surface area contributed by atoms with E-state index in [4.69, 9.17) is 0 Å². The molecule has 0 radical (unpaired) electrons. The first-order valence-corrected chi connectivity index (χ1v) is 8.58. The predicted molar refractivity (Wildman–Crippen MR) is 84.9 cm³/mol. The fraction of sp³-hybridized carbons (Fsp3) is 0.750. The van der Waals surface area contributed by atoms with E-state index in [-0.39, 0.29) is 0 Å². The van der Waals surface area contributed by atoms with Crippen molar-refractivity contribution in [3.05, 3.63) is 22.4 Å². The summed E-state index contributed by atoms with van der Waals surface area (Å²) >= 11 is 1.89. The van der Waals surface area contributed by atoms with Crippen LogP contribution in [0.15, 0.2) is 17.5 Å². The second-order valence-electron chi connectivity index (χ2n) is 5.93. The minimum atomic E-state index is 0.658. The monoisotopic (exact) mass is 280 g/mol. The topological polar surface area (TPSA) is 15.3 Å². The maximum atomic E-state index is 3.74. The summed E-state index contributed by atoms with van der Waals surface area (Å²) in [5.41, 5.74) is 0. The van der Waals surface area contributed by atoms with Crippen LogP contribution in [0.1, 0.15) is 38.5 Å². The first-order valence-electron chi connectivity index (χ1n) is 7.70. The average molecular weight is 280 g/mol. The van der Waals surface area contributed by atoms with E-state index in [1.54, 1.807) is 0 Å². The van der Waals surface area contributed by atoms with E-state index in [1.807, 2.05) is 11.3 Å². The lowest BCUT2D eigenvalue weighted by atomic mass is 9.98. The van der Waals surface area contributed by atoms with E-state index < -0.39 is 0 Å². The first kappa shape index (κ1) is 15.0. The van der Waals surface area contributed by atoms with Gasteiger partial charge in [0, 0.05) is 23.5 Å². The SMILES string of the molecule is CCC(C)C1CN(C(C)Cc2cccs2)CCCN1. The van der Waals surface area contributed by atoms with Crippen LogP contribution in [0.3, 0.4) is 0 Å². The summed E-state index contributed by atoms with van der Waals surface area (Å²) in [5.74, 6) is 0.773. The zero-order valence-electron chi connectivity index (χ0n) is 12.6. The Balaban J connectivity index is 1.93. The van der Waals surface area contributed by atoms with Gasteiger partial charge in [-0.2, -0.15) is 0 Å². The molecule has 19 heavy (non-hydrogen) atoms. The molecule has 2 nitrogen and oxygen atoms in total. The summed E-state index contributed by atoms with van der Waals surface area (Å²) in [6.45, 7) is 10.7. The molecular formula is C16H28N2S. The molecule has 108 valence electrons. The second kappa shape index (κ2) is 7.41. The molecule has 0 saturated carbocycles. The normalized spacial score (nSPS) is 24.9. The first-order chi connectivity index (χ1) is 9.20. The summed E-state index contributed by atoms with van der Waals surface area (Å²) in [6.07, 6.45) is 3.75. The largest absolute Gasteiger partial charge is 0.312 e. The average Bonchev–Trinajstić information content (AvgIpc) is 2.79. The zero-order chi connectivity index (χ0) is 13.7. The van der Waals surface area contributed by atoms with Crippen molar-refractivity contribution < 1.29 is 0 Å². The summed E-state index contributed by atoms with van der Waals surface area (Å²) in [4.78, 5) is 4.21. The van der Waals surface area contributed by atoms with Crippen molar-refractivity contribution in [3.63, 3.8) is 0 Å². The van der Waals surface area contributed by atoms with Gasteiger partial charge in [-0.15, -0.1) is 11.3 Å². The van der Waals surface area contributed by atoms with Gasteiger partial charge < -0.3 is 5.32 Å².